The van der Waals surface area contributed by atoms with Gasteiger partial charge in [-0.1, -0.05) is 35.9 Å². The lowest BCUT2D eigenvalue weighted by molar-refractivity contribution is -0.131. The number of benzene rings is 2. The summed E-state index contributed by atoms with van der Waals surface area (Å²) < 4.78 is 11.1. The SMILES string of the molecule is O=C(O)C=Cc1ccc(OCCOc2ccccc2Cl)cc1. The van der Waals surface area contributed by atoms with E-state index in [1.807, 2.05) is 12.1 Å². The molecule has 0 atom stereocenters. The zero-order valence-corrected chi connectivity index (χ0v) is 12.5. The molecule has 2 aromatic carbocycles. The normalized spacial score (nSPS) is 10.6. The predicted molar refractivity (Wildman–Crippen MR) is 85.6 cm³/mol. The highest BCUT2D eigenvalue weighted by Crippen LogP contribution is 2.23. The molecule has 2 aromatic rings. The minimum absolute atomic E-state index is 0.379. The van der Waals surface area contributed by atoms with Gasteiger partial charge in [-0.3, -0.25) is 0 Å². The summed E-state index contributed by atoms with van der Waals surface area (Å²) in [6.45, 7) is 0.764. The van der Waals surface area contributed by atoms with Gasteiger partial charge in [-0.15, -0.1) is 0 Å². The van der Waals surface area contributed by atoms with E-state index in [9.17, 15) is 4.79 Å². The highest BCUT2D eigenvalue weighted by atomic mass is 35.5. The summed E-state index contributed by atoms with van der Waals surface area (Å²) in [5, 5.41) is 9.12. The minimum Gasteiger partial charge on any atom is -0.490 e. The highest BCUT2D eigenvalue weighted by molar-refractivity contribution is 6.32. The Morgan fingerprint density at radius 1 is 1.05 bits per heavy atom. The number of para-hydroxylation sites is 1. The Balaban J connectivity index is 1.78. The van der Waals surface area contributed by atoms with E-state index in [-0.39, 0.29) is 0 Å². The van der Waals surface area contributed by atoms with Gasteiger partial charge in [0.15, 0.2) is 0 Å². The molecule has 0 radical (unpaired) electrons. The first-order valence-corrected chi connectivity index (χ1v) is 7.04. The van der Waals surface area contributed by atoms with Gasteiger partial charge in [0.05, 0.1) is 5.02 Å². The fraction of sp³-hybridized carbons (Fsp3) is 0.118. The third-order valence-corrected chi connectivity index (χ3v) is 3.06. The Kier molecular flexibility index (Phi) is 5.86. The van der Waals surface area contributed by atoms with E-state index in [2.05, 4.69) is 0 Å². The molecular formula is C17H15ClO4. The number of ether oxygens (including phenoxy) is 2. The first kappa shape index (κ1) is 15.9. The smallest absolute Gasteiger partial charge is 0.328 e. The maximum absolute atomic E-state index is 10.4. The number of carbonyl (C=O) groups is 1. The molecule has 0 amide bonds. The summed E-state index contributed by atoms with van der Waals surface area (Å²) in [5.41, 5.74) is 0.794. The maximum atomic E-state index is 10.4. The highest BCUT2D eigenvalue weighted by Gasteiger charge is 2.00. The quantitative estimate of drug-likeness (QED) is 0.621. The molecule has 0 saturated carbocycles. The maximum Gasteiger partial charge on any atom is 0.328 e. The van der Waals surface area contributed by atoms with E-state index < -0.39 is 5.97 Å². The van der Waals surface area contributed by atoms with Crippen molar-refractivity contribution in [2.45, 2.75) is 0 Å². The monoisotopic (exact) mass is 318 g/mol. The Hall–Kier alpha value is -2.46. The molecule has 0 aliphatic rings. The van der Waals surface area contributed by atoms with Gasteiger partial charge in [0.2, 0.25) is 0 Å². The fourth-order valence-corrected chi connectivity index (χ4v) is 1.91. The lowest BCUT2D eigenvalue weighted by atomic mass is 10.2. The number of carboxylic acid groups (broad SMARTS) is 1. The second-order valence-electron chi connectivity index (χ2n) is 4.37. The van der Waals surface area contributed by atoms with Crippen LogP contribution in [0.5, 0.6) is 11.5 Å². The number of carboxylic acids is 1. The largest absolute Gasteiger partial charge is 0.490 e. The van der Waals surface area contributed by atoms with E-state index in [0.29, 0.717) is 29.7 Å². The topological polar surface area (TPSA) is 55.8 Å². The van der Waals surface area contributed by atoms with E-state index in [1.54, 1.807) is 36.4 Å². The van der Waals surface area contributed by atoms with Crippen LogP contribution in [-0.4, -0.2) is 24.3 Å². The molecule has 2 rings (SSSR count). The van der Waals surface area contributed by atoms with Crippen molar-refractivity contribution in [3.63, 3.8) is 0 Å². The van der Waals surface area contributed by atoms with Crippen molar-refractivity contribution in [1.29, 1.82) is 0 Å². The first-order chi connectivity index (χ1) is 10.6. The third kappa shape index (κ3) is 5.14. The van der Waals surface area contributed by atoms with Crippen LogP contribution in [0.4, 0.5) is 0 Å². The molecule has 1 N–H and O–H groups in total. The van der Waals surface area contributed by atoms with Gasteiger partial charge >= 0.3 is 5.97 Å². The summed E-state index contributed by atoms with van der Waals surface area (Å²) in [4.78, 5) is 10.4. The summed E-state index contributed by atoms with van der Waals surface area (Å²) in [7, 11) is 0. The van der Waals surface area contributed by atoms with E-state index in [1.165, 1.54) is 6.08 Å². The summed E-state index contributed by atoms with van der Waals surface area (Å²) in [6.07, 6.45) is 2.61. The van der Waals surface area contributed by atoms with Crippen molar-refractivity contribution in [3.8, 4) is 11.5 Å². The Morgan fingerprint density at radius 3 is 2.41 bits per heavy atom. The Morgan fingerprint density at radius 2 is 1.73 bits per heavy atom. The van der Waals surface area contributed by atoms with E-state index in [0.717, 1.165) is 11.6 Å². The minimum atomic E-state index is -0.975. The van der Waals surface area contributed by atoms with Crippen LogP contribution in [-0.2, 0) is 4.79 Å². The Bertz CT molecular complexity index is 650. The molecule has 0 aromatic heterocycles. The molecule has 22 heavy (non-hydrogen) atoms. The van der Waals surface area contributed by atoms with Crippen LogP contribution in [0.25, 0.3) is 6.08 Å². The van der Waals surface area contributed by atoms with Crippen LogP contribution in [0.1, 0.15) is 5.56 Å². The molecule has 5 heteroatoms. The van der Waals surface area contributed by atoms with Gasteiger partial charge in [0.1, 0.15) is 24.7 Å². The zero-order chi connectivity index (χ0) is 15.8. The van der Waals surface area contributed by atoms with Crippen molar-refractivity contribution in [3.05, 3.63) is 65.2 Å². The summed E-state index contributed by atoms with van der Waals surface area (Å²) in [6, 6.07) is 14.4. The first-order valence-electron chi connectivity index (χ1n) is 6.66. The molecular weight excluding hydrogens is 304 g/mol. The number of hydrogen-bond acceptors (Lipinski definition) is 3. The number of halogens is 1. The van der Waals surface area contributed by atoms with E-state index in [4.69, 9.17) is 26.2 Å². The molecule has 0 spiro atoms. The Labute approximate surface area is 133 Å². The number of rotatable bonds is 7. The van der Waals surface area contributed by atoms with Crippen molar-refractivity contribution in [2.24, 2.45) is 0 Å². The van der Waals surface area contributed by atoms with Gasteiger partial charge in [-0.2, -0.15) is 0 Å². The average molecular weight is 319 g/mol. The molecule has 0 saturated heterocycles. The lowest BCUT2D eigenvalue weighted by Gasteiger charge is -2.09. The molecule has 0 heterocycles. The van der Waals surface area contributed by atoms with Crippen LogP contribution in [0.3, 0.4) is 0 Å². The van der Waals surface area contributed by atoms with Gasteiger partial charge in [-0.25, -0.2) is 4.79 Å². The van der Waals surface area contributed by atoms with Crippen LogP contribution >= 0.6 is 11.6 Å². The number of hydrogen-bond donors (Lipinski definition) is 1. The van der Waals surface area contributed by atoms with Crippen molar-refractivity contribution < 1.29 is 19.4 Å². The molecule has 0 bridgehead atoms. The second kappa shape index (κ2) is 8.10. The van der Waals surface area contributed by atoms with Crippen LogP contribution < -0.4 is 9.47 Å². The van der Waals surface area contributed by atoms with Crippen LogP contribution in [0, 0.1) is 0 Å². The van der Waals surface area contributed by atoms with Gasteiger partial charge in [-0.05, 0) is 35.9 Å². The van der Waals surface area contributed by atoms with Crippen LogP contribution in [0.2, 0.25) is 5.02 Å². The standard InChI is InChI=1S/C17H15ClO4/c18-15-3-1-2-4-16(15)22-12-11-21-14-8-5-13(6-9-14)7-10-17(19)20/h1-10H,11-12H2,(H,19,20). The molecule has 4 nitrogen and oxygen atoms in total. The zero-order valence-electron chi connectivity index (χ0n) is 11.7. The lowest BCUT2D eigenvalue weighted by Crippen LogP contribution is -2.09. The fourth-order valence-electron chi connectivity index (χ4n) is 1.72. The summed E-state index contributed by atoms with van der Waals surface area (Å²) >= 11 is 5.98. The number of aliphatic carboxylic acids is 1. The summed E-state index contributed by atoms with van der Waals surface area (Å²) in [5.74, 6) is 0.342. The molecule has 0 aliphatic heterocycles. The van der Waals surface area contributed by atoms with Crippen molar-refractivity contribution in [2.75, 3.05) is 13.2 Å². The van der Waals surface area contributed by atoms with Gasteiger partial charge in [0.25, 0.3) is 0 Å². The van der Waals surface area contributed by atoms with Gasteiger partial charge in [0, 0.05) is 6.08 Å². The molecule has 114 valence electrons. The second-order valence-corrected chi connectivity index (χ2v) is 4.78. The van der Waals surface area contributed by atoms with Crippen LogP contribution in [0.15, 0.2) is 54.6 Å². The average Bonchev–Trinajstić information content (AvgIpc) is 2.52. The molecule has 0 fully saturated rings. The van der Waals surface area contributed by atoms with Crippen molar-refractivity contribution in [1.82, 2.24) is 0 Å². The van der Waals surface area contributed by atoms with Gasteiger partial charge < -0.3 is 14.6 Å². The molecule has 0 unspecified atom stereocenters. The molecule has 0 aliphatic carbocycles. The van der Waals surface area contributed by atoms with E-state index >= 15 is 0 Å². The van der Waals surface area contributed by atoms with Crippen molar-refractivity contribution >= 4 is 23.6 Å². The third-order valence-electron chi connectivity index (χ3n) is 2.74. The predicted octanol–water partition coefficient (Wildman–Crippen LogP) is 3.90.